The maximum Gasteiger partial charge on any atom is 0.313 e. The van der Waals surface area contributed by atoms with E-state index in [-0.39, 0.29) is 23.6 Å². The highest BCUT2D eigenvalue weighted by molar-refractivity contribution is 6.04. The molecular formula is C28H27NO4. The topological polar surface area (TPSA) is 64.6 Å². The number of allylic oxidation sites excluding steroid dienone is 2. The Morgan fingerprint density at radius 3 is 2.64 bits per heavy atom. The molecule has 33 heavy (non-hydrogen) atoms. The van der Waals surface area contributed by atoms with Gasteiger partial charge < -0.3 is 14.8 Å². The lowest BCUT2D eigenvalue weighted by Gasteiger charge is -2.35. The standard InChI is InChI=1S/C28H27NO4/c1-16(2)28(31)33-23-14-12-18(15-24(23)32-3)25-20-13-11-17-7-4-5-8-19(17)27(20)29-21-9-6-10-22(30)26(21)25/h4-5,7-8,11-16,25,29H,6,9-10H2,1-3H3. The molecular weight excluding hydrogens is 414 g/mol. The van der Waals surface area contributed by atoms with E-state index in [0.29, 0.717) is 17.9 Å². The van der Waals surface area contributed by atoms with Gasteiger partial charge in [0.05, 0.1) is 18.7 Å². The van der Waals surface area contributed by atoms with Crippen LogP contribution < -0.4 is 14.8 Å². The van der Waals surface area contributed by atoms with Gasteiger partial charge in [-0.25, -0.2) is 0 Å². The van der Waals surface area contributed by atoms with Gasteiger partial charge in [-0.15, -0.1) is 0 Å². The molecule has 0 saturated carbocycles. The van der Waals surface area contributed by atoms with Gasteiger partial charge in [0.25, 0.3) is 0 Å². The fraction of sp³-hybridized carbons (Fsp3) is 0.286. The van der Waals surface area contributed by atoms with Crippen LogP contribution in [0.15, 0.2) is 65.9 Å². The van der Waals surface area contributed by atoms with Crippen LogP contribution in [0.3, 0.4) is 0 Å². The lowest BCUT2D eigenvalue weighted by molar-refractivity contribution is -0.137. The first kappa shape index (κ1) is 21.3. The second-order valence-electron chi connectivity index (χ2n) is 8.96. The van der Waals surface area contributed by atoms with Gasteiger partial charge in [-0.05, 0) is 41.5 Å². The maximum absolute atomic E-state index is 13.1. The number of hydrogen-bond acceptors (Lipinski definition) is 5. The number of ketones is 1. The van der Waals surface area contributed by atoms with Gasteiger partial charge in [0.2, 0.25) is 0 Å². The molecule has 1 aliphatic carbocycles. The summed E-state index contributed by atoms with van der Waals surface area (Å²) in [7, 11) is 1.56. The number of carbonyl (C=O) groups excluding carboxylic acids is 2. The average molecular weight is 442 g/mol. The molecule has 1 unspecified atom stereocenters. The first-order valence-corrected chi connectivity index (χ1v) is 11.4. The Hall–Kier alpha value is -3.60. The quantitative estimate of drug-likeness (QED) is 0.399. The first-order chi connectivity index (χ1) is 16.0. The zero-order chi connectivity index (χ0) is 23.1. The normalized spacial score (nSPS) is 17.5. The van der Waals surface area contributed by atoms with Crippen molar-refractivity contribution in [2.24, 2.45) is 5.92 Å². The largest absolute Gasteiger partial charge is 0.493 e. The molecule has 0 bridgehead atoms. The molecule has 1 N–H and O–H groups in total. The Kier molecular flexibility index (Phi) is 5.41. The van der Waals surface area contributed by atoms with Crippen LogP contribution in [0.25, 0.3) is 10.8 Å². The molecule has 0 radical (unpaired) electrons. The van der Waals surface area contributed by atoms with Gasteiger partial charge in [0.15, 0.2) is 17.3 Å². The van der Waals surface area contributed by atoms with Crippen molar-refractivity contribution in [2.75, 3.05) is 12.4 Å². The van der Waals surface area contributed by atoms with Crippen LogP contribution in [0.5, 0.6) is 11.5 Å². The average Bonchev–Trinajstić information content (AvgIpc) is 2.83. The van der Waals surface area contributed by atoms with E-state index in [2.05, 4.69) is 29.6 Å². The smallest absolute Gasteiger partial charge is 0.313 e. The number of ether oxygens (including phenoxy) is 2. The lowest BCUT2D eigenvalue weighted by atomic mass is 9.75. The Morgan fingerprint density at radius 1 is 1.03 bits per heavy atom. The maximum atomic E-state index is 13.1. The van der Waals surface area contributed by atoms with Gasteiger partial charge in [-0.3, -0.25) is 9.59 Å². The predicted molar refractivity (Wildman–Crippen MR) is 129 cm³/mol. The number of fused-ring (bicyclic) bond motifs is 3. The minimum atomic E-state index is -0.313. The van der Waals surface area contributed by atoms with Crippen LogP contribution in [-0.2, 0) is 9.59 Å². The van der Waals surface area contributed by atoms with E-state index in [1.54, 1.807) is 27.0 Å². The van der Waals surface area contributed by atoms with Crippen molar-refractivity contribution in [3.8, 4) is 11.5 Å². The molecule has 5 rings (SSSR count). The third kappa shape index (κ3) is 3.67. The molecule has 3 aromatic carbocycles. The number of esters is 1. The number of anilines is 1. The van der Waals surface area contributed by atoms with Crippen molar-refractivity contribution in [3.63, 3.8) is 0 Å². The summed E-state index contributed by atoms with van der Waals surface area (Å²) in [5.41, 5.74) is 4.90. The Bertz CT molecular complexity index is 1300. The van der Waals surface area contributed by atoms with Crippen molar-refractivity contribution in [3.05, 3.63) is 77.0 Å². The number of Topliss-reactive ketones (excluding diaryl/α,β-unsaturated/α-hetero) is 1. The van der Waals surface area contributed by atoms with Crippen molar-refractivity contribution in [2.45, 2.75) is 39.0 Å². The number of nitrogens with one attached hydrogen (secondary N) is 1. The van der Waals surface area contributed by atoms with Crippen LogP contribution in [0.2, 0.25) is 0 Å². The Balaban J connectivity index is 1.67. The zero-order valence-corrected chi connectivity index (χ0v) is 19.1. The van der Waals surface area contributed by atoms with E-state index in [1.807, 2.05) is 24.3 Å². The number of hydrogen-bond donors (Lipinski definition) is 1. The first-order valence-electron chi connectivity index (χ1n) is 11.4. The summed E-state index contributed by atoms with van der Waals surface area (Å²) < 4.78 is 11.1. The van der Waals surface area contributed by atoms with E-state index >= 15 is 0 Å². The summed E-state index contributed by atoms with van der Waals surface area (Å²) in [6.45, 7) is 3.59. The Morgan fingerprint density at radius 2 is 1.85 bits per heavy atom. The molecule has 2 aliphatic rings. The number of carbonyl (C=O) groups is 2. The predicted octanol–water partition coefficient (Wildman–Crippen LogP) is 5.97. The van der Waals surface area contributed by atoms with Crippen molar-refractivity contribution in [1.82, 2.24) is 0 Å². The highest BCUT2D eigenvalue weighted by Gasteiger charge is 2.36. The van der Waals surface area contributed by atoms with Gasteiger partial charge in [0.1, 0.15) is 0 Å². The van der Waals surface area contributed by atoms with Crippen LogP contribution in [0.1, 0.15) is 50.2 Å². The third-order valence-electron chi connectivity index (χ3n) is 6.50. The zero-order valence-electron chi connectivity index (χ0n) is 19.1. The molecule has 1 heterocycles. The second kappa shape index (κ2) is 8.39. The van der Waals surface area contributed by atoms with Crippen LogP contribution in [0.4, 0.5) is 5.69 Å². The molecule has 0 aromatic heterocycles. The van der Waals surface area contributed by atoms with E-state index < -0.39 is 0 Å². The third-order valence-corrected chi connectivity index (χ3v) is 6.50. The van der Waals surface area contributed by atoms with Crippen molar-refractivity contribution in [1.29, 1.82) is 0 Å². The van der Waals surface area contributed by atoms with E-state index in [9.17, 15) is 9.59 Å². The summed E-state index contributed by atoms with van der Waals surface area (Å²) in [5.74, 6) is 0.280. The highest BCUT2D eigenvalue weighted by atomic mass is 16.6. The molecule has 0 fully saturated rings. The monoisotopic (exact) mass is 441 g/mol. The molecule has 0 spiro atoms. The van der Waals surface area contributed by atoms with E-state index in [0.717, 1.165) is 51.7 Å². The van der Waals surface area contributed by atoms with Gasteiger partial charge in [0, 0.05) is 29.0 Å². The minimum absolute atomic E-state index is 0.182. The summed E-state index contributed by atoms with van der Waals surface area (Å²) in [6.07, 6.45) is 2.26. The molecule has 168 valence electrons. The van der Waals surface area contributed by atoms with E-state index in [1.165, 1.54) is 0 Å². The summed E-state index contributed by atoms with van der Waals surface area (Å²) in [4.78, 5) is 25.3. The molecule has 3 aromatic rings. The number of benzene rings is 3. The molecule has 5 heteroatoms. The fourth-order valence-electron chi connectivity index (χ4n) is 4.82. The van der Waals surface area contributed by atoms with Crippen LogP contribution in [0, 0.1) is 5.92 Å². The van der Waals surface area contributed by atoms with E-state index in [4.69, 9.17) is 9.47 Å². The number of methoxy groups -OCH3 is 1. The van der Waals surface area contributed by atoms with Crippen molar-refractivity contribution < 1.29 is 19.1 Å². The Labute approximate surface area is 193 Å². The van der Waals surface area contributed by atoms with Gasteiger partial charge >= 0.3 is 5.97 Å². The summed E-state index contributed by atoms with van der Waals surface area (Å²) in [6, 6.07) is 18.1. The second-order valence-corrected chi connectivity index (χ2v) is 8.96. The fourth-order valence-corrected chi connectivity index (χ4v) is 4.82. The van der Waals surface area contributed by atoms with Gasteiger partial charge in [-0.2, -0.15) is 0 Å². The summed E-state index contributed by atoms with van der Waals surface area (Å²) in [5, 5.41) is 5.90. The summed E-state index contributed by atoms with van der Waals surface area (Å²) >= 11 is 0. The molecule has 0 amide bonds. The minimum Gasteiger partial charge on any atom is -0.493 e. The van der Waals surface area contributed by atoms with Crippen molar-refractivity contribution >= 4 is 28.2 Å². The SMILES string of the molecule is COc1cc(C2C3=C(CCCC3=O)Nc3c2ccc2ccccc32)ccc1OC(=O)C(C)C. The molecule has 1 atom stereocenters. The molecule has 5 nitrogen and oxygen atoms in total. The highest BCUT2D eigenvalue weighted by Crippen LogP contribution is 2.48. The van der Waals surface area contributed by atoms with Gasteiger partial charge in [-0.1, -0.05) is 56.3 Å². The van der Waals surface area contributed by atoms with Crippen LogP contribution >= 0.6 is 0 Å². The van der Waals surface area contributed by atoms with Crippen LogP contribution in [-0.4, -0.2) is 18.9 Å². The number of rotatable bonds is 4. The molecule has 1 aliphatic heterocycles. The lowest BCUT2D eigenvalue weighted by Crippen LogP contribution is -2.27. The molecule has 0 saturated heterocycles.